The van der Waals surface area contributed by atoms with Crippen molar-refractivity contribution >= 4 is 0 Å². The second kappa shape index (κ2) is 6.79. The van der Waals surface area contributed by atoms with Gasteiger partial charge < -0.3 is 5.73 Å². The average molecular weight is 280 g/mol. The Hall–Kier alpha value is -0.0800. The first-order valence-electron chi connectivity index (χ1n) is 8.96. The van der Waals surface area contributed by atoms with E-state index in [1.807, 2.05) is 0 Å². The molecule has 0 saturated heterocycles. The van der Waals surface area contributed by atoms with Crippen LogP contribution in [0.3, 0.4) is 0 Å². The van der Waals surface area contributed by atoms with Gasteiger partial charge in [0.05, 0.1) is 0 Å². The van der Waals surface area contributed by atoms with Gasteiger partial charge in [-0.15, -0.1) is 0 Å². The molecule has 0 spiro atoms. The van der Waals surface area contributed by atoms with Crippen LogP contribution in [0.5, 0.6) is 0 Å². The lowest BCUT2D eigenvalue weighted by Gasteiger charge is -2.54. The smallest absolute Gasteiger partial charge is 0.0362 e. The lowest BCUT2D eigenvalue weighted by Crippen LogP contribution is -2.63. The van der Waals surface area contributed by atoms with Crippen molar-refractivity contribution in [3.63, 3.8) is 0 Å². The van der Waals surface area contributed by atoms with E-state index in [2.05, 4.69) is 32.6 Å². The number of hydrogen-bond acceptors (Lipinski definition) is 2. The Morgan fingerprint density at radius 3 is 2.30 bits per heavy atom. The van der Waals surface area contributed by atoms with Gasteiger partial charge in [-0.3, -0.25) is 4.90 Å². The fourth-order valence-corrected chi connectivity index (χ4v) is 4.82. The zero-order valence-electron chi connectivity index (χ0n) is 14.2. The third kappa shape index (κ3) is 3.22. The topological polar surface area (TPSA) is 29.3 Å². The summed E-state index contributed by atoms with van der Waals surface area (Å²) in [6, 6.07) is 0.800. The van der Waals surface area contributed by atoms with E-state index in [0.717, 1.165) is 30.3 Å². The summed E-state index contributed by atoms with van der Waals surface area (Å²) in [6.07, 6.45) is 9.70. The SMILES string of the molecule is CC(C)CN(C1CCCC1)C1(CN)CC(C)CCC1C. The molecule has 0 aromatic heterocycles. The van der Waals surface area contributed by atoms with Crippen LogP contribution in [-0.4, -0.2) is 29.6 Å². The molecule has 2 heteroatoms. The van der Waals surface area contributed by atoms with E-state index < -0.39 is 0 Å². The molecule has 118 valence electrons. The number of nitrogens with zero attached hydrogens (tertiary/aromatic N) is 1. The second-order valence-electron chi connectivity index (χ2n) is 8.08. The monoisotopic (exact) mass is 280 g/mol. The molecule has 2 fully saturated rings. The van der Waals surface area contributed by atoms with Crippen molar-refractivity contribution < 1.29 is 0 Å². The lowest BCUT2D eigenvalue weighted by atomic mass is 9.68. The highest BCUT2D eigenvalue weighted by Crippen LogP contribution is 2.43. The van der Waals surface area contributed by atoms with Gasteiger partial charge in [0.1, 0.15) is 0 Å². The molecule has 0 aliphatic heterocycles. The molecule has 2 nitrogen and oxygen atoms in total. The van der Waals surface area contributed by atoms with Crippen LogP contribution < -0.4 is 5.73 Å². The van der Waals surface area contributed by atoms with Gasteiger partial charge in [-0.2, -0.15) is 0 Å². The molecule has 3 atom stereocenters. The van der Waals surface area contributed by atoms with Crippen LogP contribution >= 0.6 is 0 Å². The Labute approximate surface area is 126 Å². The summed E-state index contributed by atoms with van der Waals surface area (Å²) < 4.78 is 0. The second-order valence-corrected chi connectivity index (χ2v) is 8.08. The molecule has 2 N–H and O–H groups in total. The Bertz CT molecular complexity index is 296. The van der Waals surface area contributed by atoms with E-state index in [0.29, 0.717) is 0 Å². The van der Waals surface area contributed by atoms with Crippen LogP contribution in [0.15, 0.2) is 0 Å². The molecule has 0 radical (unpaired) electrons. The summed E-state index contributed by atoms with van der Waals surface area (Å²) in [7, 11) is 0. The van der Waals surface area contributed by atoms with Gasteiger partial charge in [0.2, 0.25) is 0 Å². The quantitative estimate of drug-likeness (QED) is 0.823. The zero-order chi connectivity index (χ0) is 14.8. The molecule has 3 unspecified atom stereocenters. The Morgan fingerprint density at radius 2 is 1.75 bits per heavy atom. The maximum absolute atomic E-state index is 6.39. The summed E-state index contributed by atoms with van der Waals surface area (Å²) in [5.41, 5.74) is 6.67. The summed E-state index contributed by atoms with van der Waals surface area (Å²) in [5.74, 6) is 2.33. The van der Waals surface area contributed by atoms with E-state index >= 15 is 0 Å². The first-order chi connectivity index (χ1) is 9.49. The predicted octanol–water partition coefficient (Wildman–Crippen LogP) is 4.04. The van der Waals surface area contributed by atoms with Crippen LogP contribution in [0.2, 0.25) is 0 Å². The summed E-state index contributed by atoms with van der Waals surface area (Å²) in [5, 5.41) is 0. The molecular formula is C18H36N2. The van der Waals surface area contributed by atoms with Gasteiger partial charge >= 0.3 is 0 Å². The largest absolute Gasteiger partial charge is 0.329 e. The normalized spacial score (nSPS) is 36.1. The molecule has 2 aliphatic carbocycles. The molecular weight excluding hydrogens is 244 g/mol. The summed E-state index contributed by atoms with van der Waals surface area (Å²) in [6.45, 7) is 11.7. The van der Waals surface area contributed by atoms with Crippen LogP contribution in [0.1, 0.15) is 72.6 Å². The van der Waals surface area contributed by atoms with Gasteiger partial charge in [-0.05, 0) is 43.4 Å². The van der Waals surface area contributed by atoms with E-state index in [9.17, 15) is 0 Å². The van der Waals surface area contributed by atoms with Gasteiger partial charge in [0.15, 0.2) is 0 Å². The van der Waals surface area contributed by atoms with Crippen molar-refractivity contribution in [1.82, 2.24) is 4.90 Å². The zero-order valence-corrected chi connectivity index (χ0v) is 14.2. The lowest BCUT2D eigenvalue weighted by molar-refractivity contribution is -0.0380. The van der Waals surface area contributed by atoms with Crippen LogP contribution in [0.4, 0.5) is 0 Å². The molecule has 20 heavy (non-hydrogen) atoms. The van der Waals surface area contributed by atoms with E-state index in [1.165, 1.54) is 51.5 Å². The van der Waals surface area contributed by atoms with E-state index in [-0.39, 0.29) is 5.54 Å². The molecule has 2 rings (SSSR count). The Morgan fingerprint density at radius 1 is 1.10 bits per heavy atom. The van der Waals surface area contributed by atoms with Crippen molar-refractivity contribution in [2.24, 2.45) is 23.5 Å². The molecule has 0 heterocycles. The third-order valence-corrected chi connectivity index (χ3v) is 5.96. The van der Waals surface area contributed by atoms with E-state index in [4.69, 9.17) is 5.73 Å². The fraction of sp³-hybridized carbons (Fsp3) is 1.00. The van der Waals surface area contributed by atoms with Gasteiger partial charge in [-0.25, -0.2) is 0 Å². The highest BCUT2D eigenvalue weighted by atomic mass is 15.2. The van der Waals surface area contributed by atoms with Crippen molar-refractivity contribution in [3.05, 3.63) is 0 Å². The highest BCUT2D eigenvalue weighted by Gasteiger charge is 2.46. The van der Waals surface area contributed by atoms with Crippen molar-refractivity contribution in [1.29, 1.82) is 0 Å². The summed E-state index contributed by atoms with van der Waals surface area (Å²) in [4.78, 5) is 2.88. The number of nitrogens with two attached hydrogens (primary N) is 1. The Kier molecular flexibility index (Phi) is 5.53. The first kappa shape index (κ1) is 16.3. The fourth-order valence-electron chi connectivity index (χ4n) is 4.82. The number of hydrogen-bond donors (Lipinski definition) is 1. The maximum atomic E-state index is 6.39. The van der Waals surface area contributed by atoms with Gasteiger partial charge in [-0.1, -0.05) is 47.0 Å². The van der Waals surface area contributed by atoms with Crippen LogP contribution in [0.25, 0.3) is 0 Å². The third-order valence-electron chi connectivity index (χ3n) is 5.96. The van der Waals surface area contributed by atoms with Crippen molar-refractivity contribution in [2.45, 2.75) is 84.2 Å². The minimum absolute atomic E-state index is 0.275. The highest BCUT2D eigenvalue weighted by molar-refractivity contribution is 5.02. The first-order valence-corrected chi connectivity index (χ1v) is 8.96. The molecule has 0 amide bonds. The molecule has 0 aromatic carbocycles. The van der Waals surface area contributed by atoms with E-state index in [1.54, 1.807) is 0 Å². The van der Waals surface area contributed by atoms with Gasteiger partial charge in [0.25, 0.3) is 0 Å². The predicted molar refractivity (Wildman–Crippen MR) is 87.8 cm³/mol. The Balaban J connectivity index is 2.25. The molecule has 0 aromatic rings. The number of rotatable bonds is 5. The van der Waals surface area contributed by atoms with Crippen molar-refractivity contribution in [2.75, 3.05) is 13.1 Å². The standard InChI is InChI=1S/C18H36N2/c1-14(2)12-20(17-7-5-6-8-17)18(13-19)11-15(3)9-10-16(18)4/h14-17H,5-13,19H2,1-4H3. The van der Waals surface area contributed by atoms with Crippen molar-refractivity contribution in [3.8, 4) is 0 Å². The minimum Gasteiger partial charge on any atom is -0.329 e. The average Bonchev–Trinajstić information content (AvgIpc) is 2.92. The summed E-state index contributed by atoms with van der Waals surface area (Å²) >= 11 is 0. The molecule has 0 bridgehead atoms. The molecule has 2 saturated carbocycles. The maximum Gasteiger partial charge on any atom is 0.0362 e. The van der Waals surface area contributed by atoms with Crippen LogP contribution in [0, 0.1) is 17.8 Å². The molecule has 2 aliphatic rings. The minimum atomic E-state index is 0.275. The van der Waals surface area contributed by atoms with Crippen LogP contribution in [-0.2, 0) is 0 Å². The van der Waals surface area contributed by atoms with Gasteiger partial charge in [0, 0.05) is 24.7 Å².